The summed E-state index contributed by atoms with van der Waals surface area (Å²) in [5.41, 5.74) is 3.56. The van der Waals surface area contributed by atoms with Crippen LogP contribution in [0.3, 0.4) is 0 Å². The van der Waals surface area contributed by atoms with Crippen LogP contribution in [0.25, 0.3) is 16.8 Å². The number of rotatable bonds is 3. The van der Waals surface area contributed by atoms with Gasteiger partial charge in [-0.15, -0.1) is 0 Å². The maximum atomic E-state index is 13.2. The molecule has 148 valence electrons. The Morgan fingerprint density at radius 2 is 1.73 bits per heavy atom. The van der Waals surface area contributed by atoms with Crippen molar-refractivity contribution in [1.82, 2.24) is 5.32 Å². The van der Waals surface area contributed by atoms with Gasteiger partial charge in [-0.05, 0) is 58.5 Å². The first kappa shape index (κ1) is 18.1. The summed E-state index contributed by atoms with van der Waals surface area (Å²) in [6.45, 7) is 0. The number of hydrogen-bond acceptors (Lipinski definition) is 4. The van der Waals surface area contributed by atoms with Gasteiger partial charge >= 0.3 is 6.03 Å². The molecule has 0 radical (unpaired) electrons. The topological polar surface area (TPSA) is 75.7 Å². The van der Waals surface area contributed by atoms with Crippen LogP contribution in [0, 0.1) is 0 Å². The van der Waals surface area contributed by atoms with Crippen LogP contribution < -0.4 is 15.0 Å². The first-order valence-corrected chi connectivity index (χ1v) is 9.66. The maximum Gasteiger partial charge on any atom is 0.335 e. The van der Waals surface area contributed by atoms with E-state index in [1.807, 2.05) is 24.3 Å². The van der Waals surface area contributed by atoms with E-state index < -0.39 is 17.8 Å². The largest absolute Gasteiger partial charge is 0.497 e. The molecule has 30 heavy (non-hydrogen) atoms. The third-order valence-electron chi connectivity index (χ3n) is 5.62. The first-order valence-electron chi connectivity index (χ1n) is 9.66. The molecular weight excluding hydrogens is 380 g/mol. The lowest BCUT2D eigenvalue weighted by molar-refractivity contribution is -0.122. The summed E-state index contributed by atoms with van der Waals surface area (Å²) in [5.74, 6) is -0.865. The quantitative estimate of drug-likeness (QED) is 0.540. The Labute approximate surface area is 172 Å². The number of methoxy groups -OCH3 is 1. The van der Waals surface area contributed by atoms with Crippen molar-refractivity contribution in [1.29, 1.82) is 0 Å². The SMILES string of the molecule is COc1cccc(N2C(=O)NC(=O)/C(=C/c3ccc4c5c(cccc35)CC4)C2=O)c1. The van der Waals surface area contributed by atoms with Crippen molar-refractivity contribution in [2.45, 2.75) is 12.8 Å². The summed E-state index contributed by atoms with van der Waals surface area (Å²) in [6, 6.07) is 15.9. The Balaban J connectivity index is 1.61. The lowest BCUT2D eigenvalue weighted by Crippen LogP contribution is -2.54. The van der Waals surface area contributed by atoms with E-state index in [1.54, 1.807) is 30.3 Å². The number of barbiturate groups is 1. The van der Waals surface area contributed by atoms with Gasteiger partial charge in [-0.1, -0.05) is 36.4 Å². The molecule has 3 aromatic carbocycles. The third kappa shape index (κ3) is 2.76. The predicted octanol–water partition coefficient (Wildman–Crippen LogP) is 3.61. The molecule has 4 amide bonds. The van der Waals surface area contributed by atoms with Crippen molar-refractivity contribution in [3.63, 3.8) is 0 Å². The Bertz CT molecular complexity index is 1270. The van der Waals surface area contributed by atoms with Crippen molar-refractivity contribution >= 4 is 40.4 Å². The molecule has 1 saturated heterocycles. The third-order valence-corrected chi connectivity index (χ3v) is 5.62. The van der Waals surface area contributed by atoms with Gasteiger partial charge in [0.05, 0.1) is 12.8 Å². The average molecular weight is 398 g/mol. The van der Waals surface area contributed by atoms with Crippen LogP contribution in [0.4, 0.5) is 10.5 Å². The number of hydrogen-bond donors (Lipinski definition) is 1. The number of urea groups is 1. The van der Waals surface area contributed by atoms with Crippen LogP contribution in [-0.4, -0.2) is 25.0 Å². The summed E-state index contributed by atoms with van der Waals surface area (Å²) in [4.78, 5) is 39.1. The van der Waals surface area contributed by atoms with Crippen LogP contribution in [0.1, 0.15) is 16.7 Å². The van der Waals surface area contributed by atoms with Crippen LogP contribution in [0.5, 0.6) is 5.75 Å². The number of ether oxygens (including phenoxy) is 1. The zero-order valence-corrected chi connectivity index (χ0v) is 16.3. The molecule has 3 aromatic rings. The fourth-order valence-electron chi connectivity index (χ4n) is 4.19. The summed E-state index contributed by atoms with van der Waals surface area (Å²) in [5, 5.41) is 4.46. The van der Waals surface area contributed by atoms with Gasteiger partial charge in [0.2, 0.25) is 0 Å². The van der Waals surface area contributed by atoms with Crippen LogP contribution >= 0.6 is 0 Å². The molecule has 0 saturated carbocycles. The molecule has 1 N–H and O–H groups in total. The molecule has 1 fully saturated rings. The van der Waals surface area contributed by atoms with Crippen LogP contribution in [0.2, 0.25) is 0 Å². The van der Waals surface area contributed by atoms with E-state index in [9.17, 15) is 14.4 Å². The molecular formula is C24H18N2O4. The van der Waals surface area contributed by atoms with E-state index in [-0.39, 0.29) is 5.57 Å². The lowest BCUT2D eigenvalue weighted by Gasteiger charge is -2.26. The van der Waals surface area contributed by atoms with Gasteiger partial charge in [-0.25, -0.2) is 9.69 Å². The smallest absolute Gasteiger partial charge is 0.335 e. The van der Waals surface area contributed by atoms with E-state index in [0.717, 1.165) is 28.7 Å². The first-order chi connectivity index (χ1) is 14.6. The van der Waals surface area contributed by atoms with E-state index in [0.29, 0.717) is 11.4 Å². The minimum Gasteiger partial charge on any atom is -0.497 e. The molecule has 0 aromatic heterocycles. The van der Waals surface area contributed by atoms with Crippen molar-refractivity contribution in [2.75, 3.05) is 12.0 Å². The van der Waals surface area contributed by atoms with Gasteiger partial charge < -0.3 is 4.74 Å². The summed E-state index contributed by atoms with van der Waals surface area (Å²) in [6.07, 6.45) is 3.55. The summed E-state index contributed by atoms with van der Waals surface area (Å²) in [7, 11) is 1.50. The molecule has 1 aliphatic carbocycles. The Kier molecular flexibility index (Phi) is 4.13. The number of aryl methyl sites for hydroxylation is 2. The number of carbonyl (C=O) groups excluding carboxylic acids is 3. The van der Waals surface area contributed by atoms with Crippen LogP contribution in [0.15, 0.2) is 60.2 Å². The second kappa shape index (κ2) is 6.84. The second-order valence-corrected chi connectivity index (χ2v) is 7.31. The molecule has 0 atom stereocenters. The van der Waals surface area contributed by atoms with Crippen molar-refractivity contribution in [3.8, 4) is 5.75 Å². The zero-order chi connectivity index (χ0) is 20.8. The molecule has 0 spiro atoms. The van der Waals surface area contributed by atoms with Crippen molar-refractivity contribution < 1.29 is 19.1 Å². The highest BCUT2D eigenvalue weighted by molar-refractivity contribution is 6.39. The number of imide groups is 2. The fraction of sp³-hybridized carbons (Fsp3) is 0.125. The molecule has 6 heteroatoms. The van der Waals surface area contributed by atoms with Gasteiger partial charge in [0.1, 0.15) is 11.3 Å². The molecule has 2 aliphatic rings. The van der Waals surface area contributed by atoms with E-state index in [4.69, 9.17) is 4.74 Å². The lowest BCUT2D eigenvalue weighted by atomic mass is 9.97. The molecule has 1 aliphatic heterocycles. The number of carbonyl (C=O) groups is 3. The molecule has 6 nitrogen and oxygen atoms in total. The summed E-state index contributed by atoms with van der Waals surface area (Å²) >= 11 is 0. The fourth-order valence-corrected chi connectivity index (χ4v) is 4.19. The highest BCUT2D eigenvalue weighted by Gasteiger charge is 2.37. The molecule has 0 bridgehead atoms. The number of nitrogens with one attached hydrogen (secondary N) is 1. The van der Waals surface area contributed by atoms with E-state index in [2.05, 4.69) is 11.4 Å². The number of anilines is 1. The monoisotopic (exact) mass is 398 g/mol. The molecule has 5 rings (SSSR count). The standard InChI is InChI=1S/C24H18N2O4/c1-30-18-6-3-5-17(13-18)26-23(28)20(22(27)25-24(26)29)12-16-11-10-15-9-8-14-4-2-7-19(16)21(14)15/h2-7,10-13H,8-9H2,1H3,(H,25,27,29)/b20-12-. The van der Waals surface area contributed by atoms with Gasteiger partial charge in [0.25, 0.3) is 11.8 Å². The van der Waals surface area contributed by atoms with Crippen molar-refractivity contribution in [2.24, 2.45) is 0 Å². The number of benzene rings is 3. The highest BCUT2D eigenvalue weighted by atomic mass is 16.5. The second-order valence-electron chi connectivity index (χ2n) is 7.31. The van der Waals surface area contributed by atoms with Crippen LogP contribution in [-0.2, 0) is 22.4 Å². The van der Waals surface area contributed by atoms with E-state index >= 15 is 0 Å². The Morgan fingerprint density at radius 3 is 2.53 bits per heavy atom. The normalized spacial score (nSPS) is 17.0. The predicted molar refractivity (Wildman–Crippen MR) is 113 cm³/mol. The average Bonchev–Trinajstić information content (AvgIpc) is 3.17. The van der Waals surface area contributed by atoms with Gasteiger partial charge in [0, 0.05) is 6.07 Å². The Hall–Kier alpha value is -3.93. The number of nitrogens with zero attached hydrogens (tertiary/aromatic N) is 1. The number of amides is 4. The zero-order valence-electron chi connectivity index (χ0n) is 16.3. The minimum atomic E-state index is -0.782. The molecule has 1 heterocycles. The van der Waals surface area contributed by atoms with Gasteiger partial charge in [-0.2, -0.15) is 0 Å². The Morgan fingerprint density at radius 1 is 0.967 bits per heavy atom. The minimum absolute atomic E-state index is 0.0869. The van der Waals surface area contributed by atoms with Gasteiger partial charge in [-0.3, -0.25) is 14.9 Å². The summed E-state index contributed by atoms with van der Waals surface area (Å²) < 4.78 is 5.19. The highest BCUT2D eigenvalue weighted by Crippen LogP contribution is 2.34. The van der Waals surface area contributed by atoms with Gasteiger partial charge in [0.15, 0.2) is 0 Å². The van der Waals surface area contributed by atoms with Crippen molar-refractivity contribution in [3.05, 3.63) is 76.9 Å². The molecule has 0 unspecified atom stereocenters. The van der Waals surface area contributed by atoms with E-state index in [1.165, 1.54) is 23.6 Å². The maximum absolute atomic E-state index is 13.2.